The number of nitrogens with two attached hydrogens (primary N) is 2. The lowest BCUT2D eigenvalue weighted by molar-refractivity contribution is -0.123. The Labute approximate surface area is 248 Å². The van der Waals surface area contributed by atoms with Crippen molar-refractivity contribution in [2.75, 3.05) is 18.9 Å². The summed E-state index contributed by atoms with van der Waals surface area (Å²) in [7, 11) is 0. The van der Waals surface area contributed by atoms with Crippen molar-refractivity contribution in [2.45, 2.75) is 43.8 Å². The molecule has 1 fully saturated rings. The number of fused-ring (bicyclic) bond motifs is 2. The number of hydrogen-bond donors (Lipinski definition) is 4. The Balaban J connectivity index is 1.33. The van der Waals surface area contributed by atoms with Gasteiger partial charge in [-0.05, 0) is 63.1 Å². The number of anilines is 1. The predicted octanol–water partition coefficient (Wildman–Crippen LogP) is 4.05. The van der Waals surface area contributed by atoms with E-state index in [0.29, 0.717) is 37.8 Å². The summed E-state index contributed by atoms with van der Waals surface area (Å²) >= 11 is 7.29. The lowest BCUT2D eigenvalue weighted by Gasteiger charge is -2.26. The first-order valence-corrected chi connectivity index (χ1v) is 14.4. The molecule has 218 valence electrons. The molecule has 2 amide bonds. The van der Waals surface area contributed by atoms with Gasteiger partial charge in [0.1, 0.15) is 46.1 Å². The number of carbonyl (C=O) groups is 2. The van der Waals surface area contributed by atoms with Crippen LogP contribution in [0.4, 0.5) is 9.52 Å². The van der Waals surface area contributed by atoms with Crippen LogP contribution in [0.3, 0.4) is 0 Å². The van der Waals surface area contributed by atoms with Crippen LogP contribution in [-0.2, 0) is 15.8 Å². The first kappa shape index (κ1) is 28.1. The van der Waals surface area contributed by atoms with Gasteiger partial charge < -0.3 is 31.4 Å². The Morgan fingerprint density at radius 2 is 2.05 bits per heavy atom. The summed E-state index contributed by atoms with van der Waals surface area (Å²) in [5, 5.41) is 14.6. The number of halogens is 2. The van der Waals surface area contributed by atoms with Gasteiger partial charge in [0.15, 0.2) is 5.13 Å². The van der Waals surface area contributed by atoms with Crippen molar-refractivity contribution in [3.8, 4) is 22.8 Å². The minimum absolute atomic E-state index is 0.0422. The van der Waals surface area contributed by atoms with Crippen molar-refractivity contribution in [1.29, 1.82) is 0 Å². The minimum Gasteiger partial charge on any atom is -0.489 e. The number of pyridine rings is 1. The molecule has 0 spiro atoms. The fourth-order valence-corrected chi connectivity index (χ4v) is 5.72. The molecular weight excluding hydrogens is 585 g/mol. The van der Waals surface area contributed by atoms with E-state index in [0.717, 1.165) is 12.8 Å². The third kappa shape index (κ3) is 4.99. The summed E-state index contributed by atoms with van der Waals surface area (Å²) in [6.07, 6.45) is 1.95. The Hall–Kier alpha value is -4.00. The van der Waals surface area contributed by atoms with Crippen LogP contribution in [0.15, 0.2) is 36.4 Å². The van der Waals surface area contributed by atoms with E-state index >= 15 is 0 Å². The number of nitrogens with one attached hydrogen (secondary N) is 1. The van der Waals surface area contributed by atoms with Gasteiger partial charge in [0.25, 0.3) is 5.91 Å². The molecular formula is C29H27ClFN5O5S. The van der Waals surface area contributed by atoms with Crippen LogP contribution >= 0.6 is 22.9 Å². The molecule has 2 aromatic carbocycles. The normalized spacial score (nSPS) is 19.2. The molecule has 6 rings (SSSR count). The van der Waals surface area contributed by atoms with E-state index in [-0.39, 0.29) is 41.4 Å². The van der Waals surface area contributed by atoms with E-state index in [1.165, 1.54) is 36.5 Å². The van der Waals surface area contributed by atoms with E-state index < -0.39 is 28.6 Å². The Morgan fingerprint density at radius 3 is 2.74 bits per heavy atom. The SMILES string of the molecule is C[C@](O)(CNC(=O)c1cc(OC2CC2)c2nc(N)sc2c1)c1cc2c(c(-c3ccc(F)c(Cl)c3)n1)OC[C@]2(C)C(N)=O. The van der Waals surface area contributed by atoms with Crippen molar-refractivity contribution in [1.82, 2.24) is 15.3 Å². The van der Waals surface area contributed by atoms with Crippen LogP contribution in [0.2, 0.25) is 5.02 Å². The van der Waals surface area contributed by atoms with Crippen molar-refractivity contribution < 1.29 is 28.6 Å². The summed E-state index contributed by atoms with van der Waals surface area (Å²) in [5.41, 5.74) is 10.8. The third-order valence-electron chi connectivity index (χ3n) is 7.51. The highest BCUT2D eigenvalue weighted by atomic mass is 35.5. The number of benzene rings is 2. The Kier molecular flexibility index (Phi) is 6.75. The first-order chi connectivity index (χ1) is 19.9. The summed E-state index contributed by atoms with van der Waals surface area (Å²) in [6, 6.07) is 8.87. The number of nitrogen functional groups attached to an aromatic ring is 1. The Morgan fingerprint density at radius 1 is 1.29 bits per heavy atom. The van der Waals surface area contributed by atoms with Crippen LogP contribution in [0.5, 0.6) is 11.5 Å². The summed E-state index contributed by atoms with van der Waals surface area (Å²) < 4.78 is 26.5. The zero-order chi connectivity index (χ0) is 30.0. The van der Waals surface area contributed by atoms with Crippen LogP contribution in [0.1, 0.15) is 48.3 Å². The van der Waals surface area contributed by atoms with Crippen LogP contribution < -0.4 is 26.3 Å². The Bertz CT molecular complexity index is 1780. The molecule has 0 radical (unpaired) electrons. The average Bonchev–Trinajstić information content (AvgIpc) is 3.57. The van der Waals surface area contributed by atoms with E-state index in [1.807, 2.05) is 0 Å². The van der Waals surface area contributed by atoms with E-state index in [2.05, 4.69) is 15.3 Å². The molecule has 3 heterocycles. The number of thiazole rings is 1. The number of aromatic nitrogens is 2. The maximum atomic E-state index is 13.9. The predicted molar refractivity (Wildman–Crippen MR) is 156 cm³/mol. The minimum atomic E-state index is -1.71. The third-order valence-corrected chi connectivity index (χ3v) is 8.63. The molecule has 42 heavy (non-hydrogen) atoms. The van der Waals surface area contributed by atoms with Crippen molar-refractivity contribution in [3.63, 3.8) is 0 Å². The fourth-order valence-electron chi connectivity index (χ4n) is 4.75. The molecule has 2 atom stereocenters. The molecule has 1 aliphatic carbocycles. The van der Waals surface area contributed by atoms with Gasteiger partial charge in [-0.15, -0.1) is 0 Å². The molecule has 4 aromatic rings. The van der Waals surface area contributed by atoms with Gasteiger partial charge >= 0.3 is 0 Å². The summed E-state index contributed by atoms with van der Waals surface area (Å²) in [4.78, 5) is 34.7. The maximum absolute atomic E-state index is 13.9. The van der Waals surface area contributed by atoms with E-state index in [4.69, 9.17) is 32.5 Å². The second-order valence-electron chi connectivity index (χ2n) is 11.0. The fraction of sp³-hybridized carbons (Fsp3) is 0.310. The van der Waals surface area contributed by atoms with Crippen LogP contribution in [-0.4, -0.2) is 46.1 Å². The number of ether oxygens (including phenoxy) is 2. The molecule has 1 aliphatic heterocycles. The van der Waals surface area contributed by atoms with Gasteiger partial charge in [-0.1, -0.05) is 22.9 Å². The highest BCUT2D eigenvalue weighted by Crippen LogP contribution is 2.46. The van der Waals surface area contributed by atoms with Crippen molar-refractivity contribution in [3.05, 3.63) is 64.1 Å². The van der Waals surface area contributed by atoms with Crippen LogP contribution in [0.25, 0.3) is 21.5 Å². The number of hydrogen-bond acceptors (Lipinski definition) is 9. The van der Waals surface area contributed by atoms with Crippen molar-refractivity contribution >= 4 is 50.1 Å². The zero-order valence-electron chi connectivity index (χ0n) is 22.7. The lowest BCUT2D eigenvalue weighted by Crippen LogP contribution is -2.41. The molecule has 10 nitrogen and oxygen atoms in total. The number of carbonyl (C=O) groups excluding carboxylic acids is 2. The smallest absolute Gasteiger partial charge is 0.251 e. The summed E-state index contributed by atoms with van der Waals surface area (Å²) in [5.74, 6) is -0.938. The molecule has 0 bridgehead atoms. The average molecular weight is 612 g/mol. The number of amides is 2. The molecule has 0 saturated heterocycles. The number of primary amides is 1. The first-order valence-electron chi connectivity index (χ1n) is 13.2. The van der Waals surface area contributed by atoms with Gasteiger partial charge in [-0.2, -0.15) is 0 Å². The number of nitrogens with zero attached hydrogens (tertiary/aromatic N) is 2. The molecule has 0 unspecified atom stereocenters. The van der Waals surface area contributed by atoms with Gasteiger partial charge in [0, 0.05) is 16.7 Å². The van der Waals surface area contributed by atoms with E-state index in [1.54, 1.807) is 25.1 Å². The van der Waals surface area contributed by atoms with Gasteiger partial charge in [0.05, 0.1) is 28.1 Å². The monoisotopic (exact) mass is 611 g/mol. The molecule has 1 saturated carbocycles. The standard InChI is InChI=1S/C29H27ClFN5O5S/c1-28(26(32)38)12-40-24-16(28)10-21(35-22(24)13-3-6-18(31)17(30)7-13)29(2,39)11-34-25(37)14-8-19(41-15-4-5-15)23-20(9-14)42-27(33)36-23/h3,6-10,15,39H,4-5,11-12H2,1-2H3,(H2,32,38)(H2,33,36)(H,34,37)/t28-,29-/m0/s1. The topological polar surface area (TPSA) is 163 Å². The summed E-state index contributed by atoms with van der Waals surface area (Å²) in [6.45, 7) is 2.83. The van der Waals surface area contributed by atoms with Gasteiger partial charge in [0.2, 0.25) is 5.91 Å². The molecule has 13 heteroatoms. The zero-order valence-corrected chi connectivity index (χ0v) is 24.2. The van der Waals surface area contributed by atoms with Crippen molar-refractivity contribution in [2.24, 2.45) is 5.73 Å². The van der Waals surface area contributed by atoms with Gasteiger partial charge in [-0.3, -0.25) is 9.59 Å². The lowest BCUT2D eigenvalue weighted by atomic mass is 9.82. The highest BCUT2D eigenvalue weighted by molar-refractivity contribution is 7.22. The number of aliphatic hydroxyl groups is 1. The number of rotatable bonds is 8. The highest BCUT2D eigenvalue weighted by Gasteiger charge is 2.45. The van der Waals surface area contributed by atoms with E-state index in [9.17, 15) is 19.1 Å². The molecule has 6 N–H and O–H groups in total. The second-order valence-corrected chi connectivity index (χ2v) is 12.5. The molecule has 2 aliphatic rings. The van der Waals surface area contributed by atoms with Crippen LogP contribution in [0, 0.1) is 5.82 Å². The van der Waals surface area contributed by atoms with Gasteiger partial charge in [-0.25, -0.2) is 14.4 Å². The second kappa shape index (κ2) is 10.1. The maximum Gasteiger partial charge on any atom is 0.251 e. The quantitative estimate of drug-likeness (QED) is 0.232. The largest absolute Gasteiger partial charge is 0.489 e. The molecule has 2 aromatic heterocycles.